The number of sulfone groups is 1. The molecular weight excluding hydrogens is 1280 g/mol. The number of ether oxygens (including phenoxy) is 3. The second-order valence-corrected chi connectivity index (χ2v) is 25.0. The van der Waals surface area contributed by atoms with Gasteiger partial charge in [-0.3, -0.25) is 9.78 Å². The van der Waals surface area contributed by atoms with Crippen LogP contribution < -0.4 is 27.8 Å². The number of anilines is 1. The summed E-state index contributed by atoms with van der Waals surface area (Å²) < 4.78 is 105. The highest BCUT2D eigenvalue weighted by molar-refractivity contribution is 7.93. The van der Waals surface area contributed by atoms with E-state index < -0.39 is 25.8 Å². The van der Waals surface area contributed by atoms with Gasteiger partial charge in [0.15, 0.2) is 20.7 Å². The minimum Gasteiger partial charge on any atom is -0.537 e. The fourth-order valence-corrected chi connectivity index (χ4v) is 13.4. The maximum atomic E-state index is 13.7. The van der Waals surface area contributed by atoms with Crippen LogP contribution in [-0.2, 0) is 37.0 Å². The predicted octanol–water partition coefficient (Wildman–Crippen LogP) is 13.3. The Hall–Kier alpha value is -8.72. The van der Waals surface area contributed by atoms with Gasteiger partial charge in [0.1, 0.15) is 50.5 Å². The van der Waals surface area contributed by atoms with Crippen molar-refractivity contribution in [2.24, 2.45) is 0 Å². The second kappa shape index (κ2) is 32.7. The fourth-order valence-electron chi connectivity index (χ4n) is 8.39. The average Bonchev–Trinajstić information content (AvgIpc) is 1.04. The monoisotopic (exact) mass is 1330 g/mol. The molecule has 2 radical (unpaired) electrons. The summed E-state index contributed by atoms with van der Waals surface area (Å²) in [7, 11) is -1.64. The van der Waals surface area contributed by atoms with Crippen molar-refractivity contribution in [2.45, 2.75) is 35.9 Å². The zero-order valence-electron chi connectivity index (χ0n) is 48.3. The standard InChI is InChI=1S/C26H19FN2O3S2.C21H18ClN3O3S2.C7H7BClO3.C6H5BFO2.C2H4O2/c1-32-24-15-18(17-3-2-4-20(27)13-17)5-7-23(24)26-22-8-6-21(14-19(22)9-10-29-26)34(30,31)16-25-28-11-12-33-25;1-14-11-17(28-2)4-3-16(14)13-25(21-24-9-10-29-21)30(26,27)18-5-6-19-15(12-18)7-8-23-20(19)22;1-11-7-4-5(9)2-3-6(7)12-8-10;8-5-2-1-3-6(4-5)10-7-9;1-2(3)4/h2-15H,16H2,1H3;3-12H,13H2,1-2H3;2-4,10H,1H3;1-4,9H;1H3,(H,3,4). The van der Waals surface area contributed by atoms with Gasteiger partial charge in [0.2, 0.25) is 0 Å². The lowest BCUT2D eigenvalue weighted by Crippen LogP contribution is -2.30. The number of hydrogen-bond donors (Lipinski definition) is 3. The SMILES string of the molecule is CC(=O)O.COc1cc(-c2cccc(F)c2)ccc1-c1nccc2cc(S(=O)(=O)Cc3nccs3)ccc12.COc1cc(Cl)ccc1O[B]O.COc1ccc(CN(c2nccs2)S(=O)(=O)c2ccc3c(Cl)nccc3c2)c(C)c1.O[B]Oc1cccc(F)c1. The van der Waals surface area contributed by atoms with Crippen LogP contribution in [0.25, 0.3) is 43.9 Å². The largest absolute Gasteiger partial charge is 0.569 e. The van der Waals surface area contributed by atoms with E-state index in [1.54, 1.807) is 123 Å². The molecule has 11 aromatic rings. The first-order chi connectivity index (χ1) is 43.2. The molecule has 0 bridgehead atoms. The third-order valence-corrected chi connectivity index (χ3v) is 18.3. The Bertz CT molecular complexity index is 4450. The third-order valence-electron chi connectivity index (χ3n) is 12.6. The number of rotatable bonds is 17. The number of halogens is 4. The highest BCUT2D eigenvalue weighted by Gasteiger charge is 2.28. The topological polar surface area (TPSA) is 247 Å². The van der Waals surface area contributed by atoms with Gasteiger partial charge in [0, 0.05) is 76.0 Å². The van der Waals surface area contributed by atoms with Crippen LogP contribution in [0.3, 0.4) is 0 Å². The molecule has 462 valence electrons. The number of pyridine rings is 2. The van der Waals surface area contributed by atoms with Gasteiger partial charge < -0.3 is 38.7 Å². The number of carboxylic acid groups (broad SMARTS) is 1. The molecule has 0 aliphatic heterocycles. The van der Waals surface area contributed by atoms with Gasteiger partial charge in [-0.2, -0.15) is 0 Å². The number of aryl methyl sites for hydroxylation is 1. The number of carbonyl (C=O) groups is 1. The van der Waals surface area contributed by atoms with Gasteiger partial charge in [-0.1, -0.05) is 59.6 Å². The normalized spacial score (nSPS) is 10.7. The number of nitrogens with zero attached hydrogens (tertiary/aromatic N) is 5. The quantitative estimate of drug-likeness (QED) is 0.0566. The van der Waals surface area contributed by atoms with Crippen molar-refractivity contribution in [3.63, 3.8) is 0 Å². The average molecular weight is 1330 g/mol. The van der Waals surface area contributed by atoms with E-state index in [2.05, 4.69) is 24.6 Å². The first kappa shape index (κ1) is 68.8. The van der Waals surface area contributed by atoms with Gasteiger partial charge in [-0.15, -0.1) is 22.7 Å². The number of carboxylic acids is 1. The van der Waals surface area contributed by atoms with Gasteiger partial charge in [-0.25, -0.2) is 44.9 Å². The minimum atomic E-state index is -3.87. The van der Waals surface area contributed by atoms with E-state index in [1.807, 2.05) is 49.4 Å². The van der Waals surface area contributed by atoms with Crippen molar-refractivity contribution in [1.29, 1.82) is 0 Å². The molecule has 0 aliphatic rings. The van der Waals surface area contributed by atoms with Gasteiger partial charge in [0.05, 0.1) is 43.4 Å². The van der Waals surface area contributed by atoms with E-state index in [0.29, 0.717) is 69.4 Å². The molecule has 0 fully saturated rings. The molecule has 4 heterocycles. The number of fused-ring (bicyclic) bond motifs is 2. The lowest BCUT2D eigenvalue weighted by molar-refractivity contribution is -0.134. The molecule has 11 rings (SSSR count). The Labute approximate surface area is 537 Å². The predicted molar refractivity (Wildman–Crippen MR) is 347 cm³/mol. The van der Waals surface area contributed by atoms with E-state index >= 15 is 0 Å². The molecule has 0 atom stereocenters. The van der Waals surface area contributed by atoms with Gasteiger partial charge in [-0.05, 0) is 143 Å². The molecule has 0 spiro atoms. The zero-order chi connectivity index (χ0) is 65.0. The summed E-state index contributed by atoms with van der Waals surface area (Å²) in [5.41, 5.74) is 4.78. The van der Waals surface area contributed by atoms with Crippen molar-refractivity contribution >= 4 is 114 Å². The summed E-state index contributed by atoms with van der Waals surface area (Å²) >= 11 is 14.4. The number of thiazole rings is 2. The molecule has 0 unspecified atom stereocenters. The van der Waals surface area contributed by atoms with Crippen molar-refractivity contribution in [1.82, 2.24) is 19.9 Å². The molecule has 90 heavy (non-hydrogen) atoms. The molecule has 28 heteroatoms. The van der Waals surface area contributed by atoms with Crippen LogP contribution in [0.15, 0.2) is 197 Å². The Morgan fingerprint density at radius 3 is 1.90 bits per heavy atom. The molecule has 0 aliphatic carbocycles. The summed E-state index contributed by atoms with van der Waals surface area (Å²) in [6.07, 6.45) is 6.39. The van der Waals surface area contributed by atoms with Crippen LogP contribution in [-0.4, -0.2) is 94.6 Å². The zero-order valence-corrected chi connectivity index (χ0v) is 53.0. The van der Waals surface area contributed by atoms with Crippen molar-refractivity contribution in [3.8, 4) is 51.1 Å². The third kappa shape index (κ3) is 18.7. The lowest BCUT2D eigenvalue weighted by atomic mass is 9.99. The summed E-state index contributed by atoms with van der Waals surface area (Å²) in [6.45, 7) is 3.16. The van der Waals surface area contributed by atoms with E-state index in [9.17, 15) is 25.6 Å². The second-order valence-electron chi connectivity index (χ2n) is 18.5. The highest BCUT2D eigenvalue weighted by Crippen LogP contribution is 2.38. The first-order valence-electron chi connectivity index (χ1n) is 26.3. The Kier molecular flexibility index (Phi) is 25.0. The number of hydrogen-bond acceptors (Lipinski definition) is 18. The molecule has 7 aromatic carbocycles. The summed E-state index contributed by atoms with van der Waals surface area (Å²) in [6, 6.07) is 41.3. The minimum absolute atomic E-state index is 0.135. The number of methoxy groups -OCH3 is 3. The van der Waals surface area contributed by atoms with E-state index in [0.717, 1.165) is 51.3 Å². The molecule has 4 aromatic heterocycles. The van der Waals surface area contributed by atoms with Crippen molar-refractivity contribution in [3.05, 3.63) is 225 Å². The van der Waals surface area contributed by atoms with Crippen molar-refractivity contribution in [2.75, 3.05) is 25.6 Å². The number of benzene rings is 7. The van der Waals surface area contributed by atoms with Crippen molar-refractivity contribution < 1.29 is 69.1 Å². The van der Waals surface area contributed by atoms with E-state index in [4.69, 9.17) is 62.0 Å². The summed E-state index contributed by atoms with van der Waals surface area (Å²) in [5, 5.41) is 32.2. The fraction of sp³-hybridized carbons (Fsp3) is 0.113. The number of aliphatic carboxylic acids is 1. The number of aromatic nitrogens is 4. The smallest absolute Gasteiger partial charge is 0.537 e. The molecule has 0 amide bonds. The molecule has 0 saturated carbocycles. The maximum absolute atomic E-state index is 13.7. The Morgan fingerprint density at radius 1 is 0.611 bits per heavy atom. The maximum Gasteiger partial charge on any atom is 0.569 e. The van der Waals surface area contributed by atoms with Crippen LogP contribution in [0.5, 0.6) is 28.7 Å². The van der Waals surface area contributed by atoms with Gasteiger partial charge in [0.25, 0.3) is 16.0 Å². The van der Waals surface area contributed by atoms with Crippen LogP contribution in [0, 0.1) is 18.6 Å². The van der Waals surface area contributed by atoms with E-state index in [-0.39, 0.29) is 39.5 Å². The van der Waals surface area contributed by atoms with Crippen LogP contribution in [0.2, 0.25) is 10.2 Å². The lowest BCUT2D eigenvalue weighted by Gasteiger charge is -2.23. The number of sulfonamides is 1. The van der Waals surface area contributed by atoms with E-state index in [1.165, 1.54) is 70.5 Å². The first-order valence-corrected chi connectivity index (χ1v) is 31.9. The highest BCUT2D eigenvalue weighted by atomic mass is 35.5. The Morgan fingerprint density at radius 2 is 1.26 bits per heavy atom. The Balaban J connectivity index is 0.000000185. The summed E-state index contributed by atoms with van der Waals surface area (Å²) in [5.74, 6) is 0.821. The van der Waals surface area contributed by atoms with Gasteiger partial charge >= 0.3 is 15.4 Å². The summed E-state index contributed by atoms with van der Waals surface area (Å²) in [4.78, 5) is 26.3. The molecule has 3 N–H and O–H groups in total. The molecule has 0 saturated heterocycles. The van der Waals surface area contributed by atoms with Crippen LogP contribution >= 0.6 is 45.9 Å². The molecular formula is C62H53B2Cl2F2N5O13S4. The van der Waals surface area contributed by atoms with Crippen LogP contribution in [0.4, 0.5) is 13.9 Å². The molecule has 18 nitrogen and oxygen atoms in total. The van der Waals surface area contributed by atoms with Crippen LogP contribution in [0.1, 0.15) is 23.1 Å².